The molecule has 2 aromatic heterocycles. The van der Waals surface area contributed by atoms with Crippen molar-refractivity contribution in [3.05, 3.63) is 48.0 Å². The van der Waals surface area contributed by atoms with E-state index in [2.05, 4.69) is 18.2 Å². The highest BCUT2D eigenvalue weighted by Crippen LogP contribution is 2.35. The van der Waals surface area contributed by atoms with Gasteiger partial charge in [0.05, 0.1) is 23.1 Å². The lowest BCUT2D eigenvalue weighted by molar-refractivity contribution is -0.148. The first kappa shape index (κ1) is 19.4. The van der Waals surface area contributed by atoms with Crippen molar-refractivity contribution in [3.8, 4) is 10.6 Å². The van der Waals surface area contributed by atoms with E-state index in [0.717, 1.165) is 33.5 Å². The Morgan fingerprint density at radius 1 is 1.28 bits per heavy atom. The normalized spacial score (nSPS) is 16.7. The van der Waals surface area contributed by atoms with Crippen LogP contribution in [0.25, 0.3) is 20.7 Å². The molecule has 0 spiro atoms. The summed E-state index contributed by atoms with van der Waals surface area (Å²) < 4.78 is 6.33. The molecule has 150 valence electrons. The molecule has 1 N–H and O–H groups in total. The second kappa shape index (κ2) is 8.21. The molecule has 1 atom stereocenters. The van der Waals surface area contributed by atoms with Gasteiger partial charge in [-0.05, 0) is 49.4 Å². The second-order valence-corrected chi connectivity index (χ2v) is 8.14. The quantitative estimate of drug-likeness (QED) is 0.627. The maximum atomic E-state index is 12.2. The lowest BCUT2D eigenvalue weighted by Gasteiger charge is -2.33. The Labute approximate surface area is 172 Å². The van der Waals surface area contributed by atoms with Crippen LogP contribution in [0.2, 0.25) is 0 Å². The molecule has 0 aliphatic carbocycles. The number of piperidine rings is 1. The zero-order valence-corrected chi connectivity index (χ0v) is 16.9. The minimum atomic E-state index is -1.02. The Morgan fingerprint density at radius 2 is 2.10 bits per heavy atom. The van der Waals surface area contributed by atoms with Crippen molar-refractivity contribution in [3.63, 3.8) is 0 Å². The smallest absolute Gasteiger partial charge is 0.339 e. The van der Waals surface area contributed by atoms with E-state index < -0.39 is 5.97 Å². The van der Waals surface area contributed by atoms with Crippen LogP contribution in [-0.4, -0.2) is 41.7 Å². The molecule has 1 aliphatic heterocycles. The molecular formula is C22H22N2O4S. The average Bonchev–Trinajstić information content (AvgIpc) is 3.18. The lowest BCUT2D eigenvalue weighted by atomic mass is 9.97. The van der Waals surface area contributed by atoms with Gasteiger partial charge in [0.15, 0.2) is 0 Å². The number of carbonyl (C=O) groups is 2. The van der Waals surface area contributed by atoms with Gasteiger partial charge >= 0.3 is 11.9 Å². The Balaban J connectivity index is 1.70. The van der Waals surface area contributed by atoms with E-state index in [1.54, 1.807) is 30.4 Å². The maximum Gasteiger partial charge on any atom is 0.339 e. The largest absolute Gasteiger partial charge is 0.478 e. The topological polar surface area (TPSA) is 79.7 Å². The fourth-order valence-electron chi connectivity index (χ4n) is 3.72. The van der Waals surface area contributed by atoms with Gasteiger partial charge in [0.2, 0.25) is 0 Å². The number of fused-ring (bicyclic) bond motifs is 1. The first-order valence-corrected chi connectivity index (χ1v) is 10.5. The molecule has 3 aromatic rings. The van der Waals surface area contributed by atoms with Gasteiger partial charge in [-0.2, -0.15) is 0 Å². The zero-order valence-electron chi connectivity index (χ0n) is 16.1. The third kappa shape index (κ3) is 3.96. The average molecular weight is 410 g/mol. The van der Waals surface area contributed by atoms with Gasteiger partial charge in [-0.15, -0.1) is 11.3 Å². The second-order valence-electron chi connectivity index (χ2n) is 7.06. The van der Waals surface area contributed by atoms with E-state index in [1.165, 1.54) is 0 Å². The SMILES string of the molecule is CCOC(=O)C1CCCN(c2nc(-c3cc4ccccc4s3)ccc2C(=O)O)C1. The molecule has 7 heteroatoms. The first-order chi connectivity index (χ1) is 14.1. The van der Waals surface area contributed by atoms with Gasteiger partial charge in [0.1, 0.15) is 11.4 Å². The van der Waals surface area contributed by atoms with Crippen molar-refractivity contribution in [1.29, 1.82) is 0 Å². The van der Waals surface area contributed by atoms with Crippen molar-refractivity contribution >= 4 is 39.2 Å². The van der Waals surface area contributed by atoms with Crippen molar-refractivity contribution in [1.82, 2.24) is 4.98 Å². The molecular weight excluding hydrogens is 388 g/mol. The number of rotatable bonds is 5. The van der Waals surface area contributed by atoms with Crippen LogP contribution in [0.4, 0.5) is 5.82 Å². The van der Waals surface area contributed by atoms with Crippen LogP contribution in [0.3, 0.4) is 0 Å². The molecule has 1 saturated heterocycles. The van der Waals surface area contributed by atoms with Gasteiger partial charge in [0, 0.05) is 17.8 Å². The third-order valence-electron chi connectivity index (χ3n) is 5.12. The standard InChI is InChI=1S/C22H22N2O4S/c1-2-28-22(27)15-7-5-11-24(13-15)20-16(21(25)26)9-10-17(23-20)19-12-14-6-3-4-8-18(14)29-19/h3-4,6,8-10,12,15H,2,5,7,11,13H2,1H3,(H,25,26). The number of benzene rings is 1. The number of carboxylic acids is 1. The number of aromatic nitrogens is 1. The number of nitrogens with zero attached hydrogens (tertiary/aromatic N) is 2. The molecule has 0 bridgehead atoms. The fourth-order valence-corrected chi connectivity index (χ4v) is 4.76. The molecule has 0 saturated carbocycles. The van der Waals surface area contributed by atoms with Gasteiger partial charge in [-0.1, -0.05) is 18.2 Å². The highest BCUT2D eigenvalue weighted by Gasteiger charge is 2.30. The summed E-state index contributed by atoms with van der Waals surface area (Å²) in [6, 6.07) is 13.5. The number of aromatic carboxylic acids is 1. The Hall–Kier alpha value is -2.93. The van der Waals surface area contributed by atoms with Gasteiger partial charge in [0.25, 0.3) is 0 Å². The molecule has 29 heavy (non-hydrogen) atoms. The summed E-state index contributed by atoms with van der Waals surface area (Å²) in [7, 11) is 0. The Morgan fingerprint density at radius 3 is 2.86 bits per heavy atom. The van der Waals surface area contributed by atoms with Crippen molar-refractivity contribution in [2.45, 2.75) is 19.8 Å². The maximum absolute atomic E-state index is 12.2. The molecule has 6 nitrogen and oxygen atoms in total. The van der Waals surface area contributed by atoms with Crippen LogP contribution in [0.5, 0.6) is 0 Å². The van der Waals surface area contributed by atoms with E-state index in [0.29, 0.717) is 25.5 Å². The van der Waals surface area contributed by atoms with E-state index in [-0.39, 0.29) is 17.5 Å². The number of hydrogen-bond donors (Lipinski definition) is 1. The van der Waals surface area contributed by atoms with Gasteiger partial charge in [-0.3, -0.25) is 4.79 Å². The number of ether oxygens (including phenoxy) is 1. The summed E-state index contributed by atoms with van der Waals surface area (Å²) in [5.74, 6) is -1.09. The minimum Gasteiger partial charge on any atom is -0.478 e. The summed E-state index contributed by atoms with van der Waals surface area (Å²) >= 11 is 1.63. The molecule has 1 fully saturated rings. The number of thiophene rings is 1. The molecule has 1 aliphatic rings. The highest BCUT2D eigenvalue weighted by molar-refractivity contribution is 7.22. The zero-order chi connectivity index (χ0) is 20.4. The van der Waals surface area contributed by atoms with Crippen molar-refractivity contribution < 1.29 is 19.4 Å². The number of carbonyl (C=O) groups excluding carboxylic acids is 1. The molecule has 0 amide bonds. The number of carboxylic acid groups (broad SMARTS) is 1. The van der Waals surface area contributed by atoms with Crippen LogP contribution in [0.1, 0.15) is 30.1 Å². The number of pyridine rings is 1. The Kier molecular flexibility index (Phi) is 5.49. The first-order valence-electron chi connectivity index (χ1n) is 9.71. The fraction of sp³-hybridized carbons (Fsp3) is 0.318. The van der Waals surface area contributed by atoms with E-state index in [1.807, 2.05) is 17.0 Å². The number of hydrogen-bond acceptors (Lipinski definition) is 6. The van der Waals surface area contributed by atoms with Gasteiger partial charge in [-0.25, -0.2) is 9.78 Å². The highest BCUT2D eigenvalue weighted by atomic mass is 32.1. The third-order valence-corrected chi connectivity index (χ3v) is 6.26. The van der Waals surface area contributed by atoms with E-state index in [4.69, 9.17) is 9.72 Å². The minimum absolute atomic E-state index is 0.152. The van der Waals surface area contributed by atoms with Crippen molar-refractivity contribution in [2.75, 3.05) is 24.6 Å². The number of esters is 1. The van der Waals surface area contributed by atoms with Crippen molar-refractivity contribution in [2.24, 2.45) is 5.92 Å². The Bertz CT molecular complexity index is 1030. The van der Waals surface area contributed by atoms with Crippen LogP contribution in [0.15, 0.2) is 42.5 Å². The van der Waals surface area contributed by atoms with E-state index in [9.17, 15) is 14.7 Å². The number of anilines is 1. The van der Waals surface area contributed by atoms with E-state index >= 15 is 0 Å². The lowest BCUT2D eigenvalue weighted by Crippen LogP contribution is -2.40. The molecule has 3 heterocycles. The van der Waals surface area contributed by atoms with Crippen LogP contribution in [0, 0.1) is 5.92 Å². The summed E-state index contributed by atoms with van der Waals surface area (Å²) in [4.78, 5) is 31.6. The van der Waals surface area contributed by atoms with Crippen LogP contribution in [-0.2, 0) is 9.53 Å². The van der Waals surface area contributed by atoms with Crippen LogP contribution >= 0.6 is 11.3 Å². The summed E-state index contributed by atoms with van der Waals surface area (Å²) in [6.07, 6.45) is 1.53. The van der Waals surface area contributed by atoms with Crippen LogP contribution < -0.4 is 4.90 Å². The predicted molar refractivity (Wildman–Crippen MR) is 114 cm³/mol. The molecule has 1 aromatic carbocycles. The monoisotopic (exact) mass is 410 g/mol. The predicted octanol–water partition coefficient (Wildman–Crippen LogP) is 4.44. The summed E-state index contributed by atoms with van der Waals surface area (Å²) in [5.41, 5.74) is 0.892. The molecule has 4 rings (SSSR count). The molecule has 0 radical (unpaired) electrons. The van der Waals surface area contributed by atoms with Gasteiger partial charge < -0.3 is 14.7 Å². The molecule has 1 unspecified atom stereocenters. The summed E-state index contributed by atoms with van der Waals surface area (Å²) in [6.45, 7) is 3.22. The summed E-state index contributed by atoms with van der Waals surface area (Å²) in [5, 5.41) is 10.8.